The molecule has 20 heavy (non-hydrogen) atoms. The van der Waals surface area contributed by atoms with Crippen molar-refractivity contribution in [1.29, 1.82) is 0 Å². The van der Waals surface area contributed by atoms with E-state index in [1.165, 1.54) is 0 Å². The SMILES string of the molecule is COc1ccccc1CC(CNC(=O)C(C)C)C(=O)O. The normalized spacial score (nSPS) is 12.0. The third-order valence-corrected chi connectivity index (χ3v) is 3.06. The predicted molar refractivity (Wildman–Crippen MR) is 75.7 cm³/mol. The first-order valence-corrected chi connectivity index (χ1v) is 6.58. The minimum Gasteiger partial charge on any atom is -0.496 e. The van der Waals surface area contributed by atoms with Crippen LogP contribution in [0.15, 0.2) is 24.3 Å². The molecule has 0 aliphatic carbocycles. The maximum absolute atomic E-state index is 11.5. The number of ether oxygens (including phenoxy) is 1. The van der Waals surface area contributed by atoms with E-state index in [1.54, 1.807) is 27.0 Å². The summed E-state index contributed by atoms with van der Waals surface area (Å²) in [5.41, 5.74) is 0.821. The second-order valence-electron chi connectivity index (χ2n) is 4.95. The smallest absolute Gasteiger partial charge is 0.308 e. The first-order valence-electron chi connectivity index (χ1n) is 6.58. The molecule has 5 nitrogen and oxygen atoms in total. The molecule has 0 aliphatic heterocycles. The fraction of sp³-hybridized carbons (Fsp3) is 0.467. The Morgan fingerprint density at radius 1 is 1.30 bits per heavy atom. The second kappa shape index (κ2) is 7.53. The molecular weight excluding hydrogens is 258 g/mol. The van der Waals surface area contributed by atoms with E-state index < -0.39 is 11.9 Å². The van der Waals surface area contributed by atoms with Gasteiger partial charge in [-0.05, 0) is 18.1 Å². The molecule has 0 heterocycles. The van der Waals surface area contributed by atoms with Gasteiger partial charge in [0, 0.05) is 12.5 Å². The molecule has 1 aromatic rings. The Balaban J connectivity index is 2.72. The molecule has 0 fully saturated rings. The van der Waals surface area contributed by atoms with Crippen LogP contribution in [-0.4, -0.2) is 30.6 Å². The Morgan fingerprint density at radius 3 is 2.50 bits per heavy atom. The van der Waals surface area contributed by atoms with E-state index in [1.807, 2.05) is 18.2 Å². The van der Waals surface area contributed by atoms with Gasteiger partial charge in [-0.2, -0.15) is 0 Å². The number of amides is 1. The number of methoxy groups -OCH3 is 1. The lowest BCUT2D eigenvalue weighted by molar-refractivity contribution is -0.141. The van der Waals surface area contributed by atoms with E-state index >= 15 is 0 Å². The average Bonchev–Trinajstić information content (AvgIpc) is 2.42. The summed E-state index contributed by atoms with van der Waals surface area (Å²) in [5.74, 6) is -1.24. The van der Waals surface area contributed by atoms with Crippen molar-refractivity contribution >= 4 is 11.9 Å². The van der Waals surface area contributed by atoms with Crippen molar-refractivity contribution in [3.63, 3.8) is 0 Å². The van der Waals surface area contributed by atoms with Gasteiger partial charge in [0.15, 0.2) is 0 Å². The minimum atomic E-state index is -0.931. The number of aliphatic carboxylic acids is 1. The highest BCUT2D eigenvalue weighted by Gasteiger charge is 2.21. The molecule has 2 N–H and O–H groups in total. The molecule has 1 unspecified atom stereocenters. The summed E-state index contributed by atoms with van der Waals surface area (Å²) in [7, 11) is 1.55. The molecule has 0 aromatic heterocycles. The van der Waals surface area contributed by atoms with Crippen molar-refractivity contribution < 1.29 is 19.4 Å². The van der Waals surface area contributed by atoms with Crippen LogP contribution in [0.1, 0.15) is 19.4 Å². The fourth-order valence-electron chi connectivity index (χ4n) is 1.81. The van der Waals surface area contributed by atoms with Crippen molar-refractivity contribution in [2.75, 3.05) is 13.7 Å². The zero-order valence-corrected chi connectivity index (χ0v) is 12.1. The summed E-state index contributed by atoms with van der Waals surface area (Å²) < 4.78 is 5.21. The average molecular weight is 279 g/mol. The zero-order chi connectivity index (χ0) is 15.1. The Kier molecular flexibility index (Phi) is 6.03. The Hall–Kier alpha value is -2.04. The van der Waals surface area contributed by atoms with E-state index in [0.717, 1.165) is 5.56 Å². The van der Waals surface area contributed by atoms with E-state index in [9.17, 15) is 14.7 Å². The molecule has 0 bridgehead atoms. The molecule has 0 aliphatic rings. The predicted octanol–water partition coefficient (Wildman–Crippen LogP) is 1.71. The number of benzene rings is 1. The van der Waals surface area contributed by atoms with E-state index in [4.69, 9.17) is 4.74 Å². The van der Waals surface area contributed by atoms with Crippen LogP contribution in [0, 0.1) is 11.8 Å². The van der Waals surface area contributed by atoms with Gasteiger partial charge in [-0.3, -0.25) is 9.59 Å². The van der Waals surface area contributed by atoms with E-state index in [2.05, 4.69) is 5.32 Å². The van der Waals surface area contributed by atoms with Gasteiger partial charge in [-0.1, -0.05) is 32.0 Å². The van der Waals surface area contributed by atoms with Gasteiger partial charge in [0.1, 0.15) is 5.75 Å². The lowest BCUT2D eigenvalue weighted by atomic mass is 9.98. The molecule has 0 radical (unpaired) electrons. The maximum atomic E-state index is 11.5. The summed E-state index contributed by atoms with van der Waals surface area (Å²) in [5, 5.41) is 11.9. The molecular formula is C15H21NO4. The summed E-state index contributed by atoms with van der Waals surface area (Å²) in [6.45, 7) is 3.65. The number of carboxylic acid groups (broad SMARTS) is 1. The largest absolute Gasteiger partial charge is 0.496 e. The third-order valence-electron chi connectivity index (χ3n) is 3.06. The highest BCUT2D eigenvalue weighted by Crippen LogP contribution is 2.21. The van der Waals surface area contributed by atoms with Crippen molar-refractivity contribution in [3.05, 3.63) is 29.8 Å². The van der Waals surface area contributed by atoms with Crippen LogP contribution in [-0.2, 0) is 16.0 Å². The van der Waals surface area contributed by atoms with Crippen molar-refractivity contribution in [2.45, 2.75) is 20.3 Å². The maximum Gasteiger partial charge on any atom is 0.308 e. The third kappa shape index (κ3) is 4.57. The summed E-state index contributed by atoms with van der Waals surface area (Å²) in [6, 6.07) is 7.29. The van der Waals surface area contributed by atoms with Crippen LogP contribution in [0.3, 0.4) is 0 Å². The number of nitrogens with one attached hydrogen (secondary N) is 1. The van der Waals surface area contributed by atoms with Gasteiger partial charge < -0.3 is 15.2 Å². The number of para-hydroxylation sites is 1. The van der Waals surface area contributed by atoms with Crippen LogP contribution in [0.5, 0.6) is 5.75 Å². The van der Waals surface area contributed by atoms with Gasteiger partial charge in [0.25, 0.3) is 0 Å². The van der Waals surface area contributed by atoms with Crippen LogP contribution in [0.4, 0.5) is 0 Å². The Bertz CT molecular complexity index is 471. The van der Waals surface area contributed by atoms with Crippen molar-refractivity contribution in [3.8, 4) is 5.75 Å². The van der Waals surface area contributed by atoms with Crippen LogP contribution < -0.4 is 10.1 Å². The first-order chi connectivity index (χ1) is 9.45. The molecule has 1 aromatic carbocycles. The van der Waals surface area contributed by atoms with Gasteiger partial charge in [-0.15, -0.1) is 0 Å². The minimum absolute atomic E-state index is 0.115. The Labute approximate surface area is 118 Å². The number of hydrogen-bond acceptors (Lipinski definition) is 3. The molecule has 110 valence electrons. The monoisotopic (exact) mass is 279 g/mol. The van der Waals surface area contributed by atoms with Gasteiger partial charge in [0.2, 0.25) is 5.91 Å². The Morgan fingerprint density at radius 2 is 1.95 bits per heavy atom. The quantitative estimate of drug-likeness (QED) is 0.796. The topological polar surface area (TPSA) is 75.6 Å². The molecule has 5 heteroatoms. The van der Waals surface area contributed by atoms with Gasteiger partial charge in [-0.25, -0.2) is 0 Å². The van der Waals surface area contributed by atoms with Crippen LogP contribution >= 0.6 is 0 Å². The highest BCUT2D eigenvalue weighted by molar-refractivity contribution is 5.79. The molecule has 0 saturated carbocycles. The van der Waals surface area contributed by atoms with Crippen LogP contribution in [0.25, 0.3) is 0 Å². The van der Waals surface area contributed by atoms with Crippen molar-refractivity contribution in [1.82, 2.24) is 5.32 Å². The number of carboxylic acids is 1. The molecule has 1 atom stereocenters. The number of carbonyl (C=O) groups is 2. The molecule has 1 rings (SSSR count). The standard InChI is InChI=1S/C15H21NO4/c1-10(2)14(17)16-9-12(15(18)19)8-11-6-4-5-7-13(11)20-3/h4-7,10,12H,8-9H2,1-3H3,(H,16,17)(H,18,19). The number of hydrogen-bond donors (Lipinski definition) is 2. The zero-order valence-electron chi connectivity index (χ0n) is 12.1. The number of carbonyl (C=O) groups excluding carboxylic acids is 1. The summed E-state index contributed by atoms with van der Waals surface area (Å²) in [4.78, 5) is 22.8. The lowest BCUT2D eigenvalue weighted by Crippen LogP contribution is -2.36. The lowest BCUT2D eigenvalue weighted by Gasteiger charge is -2.16. The highest BCUT2D eigenvalue weighted by atomic mass is 16.5. The fourth-order valence-corrected chi connectivity index (χ4v) is 1.81. The second-order valence-corrected chi connectivity index (χ2v) is 4.95. The summed E-state index contributed by atoms with van der Waals surface area (Å²) >= 11 is 0. The van der Waals surface area contributed by atoms with Crippen molar-refractivity contribution in [2.24, 2.45) is 11.8 Å². The van der Waals surface area contributed by atoms with Gasteiger partial charge >= 0.3 is 5.97 Å². The van der Waals surface area contributed by atoms with E-state index in [-0.39, 0.29) is 18.4 Å². The number of rotatable bonds is 7. The molecule has 0 saturated heterocycles. The molecule has 1 amide bonds. The summed E-state index contributed by atoms with van der Waals surface area (Å²) in [6.07, 6.45) is 0.317. The van der Waals surface area contributed by atoms with E-state index in [0.29, 0.717) is 12.2 Å². The van der Waals surface area contributed by atoms with Crippen LogP contribution in [0.2, 0.25) is 0 Å². The van der Waals surface area contributed by atoms with Gasteiger partial charge in [0.05, 0.1) is 13.0 Å². The molecule has 0 spiro atoms. The first kappa shape index (κ1) is 16.0.